The van der Waals surface area contributed by atoms with Crippen LogP contribution >= 0.6 is 0 Å². The molecule has 2 rings (SSSR count). The van der Waals surface area contributed by atoms with Crippen molar-refractivity contribution >= 4 is 5.69 Å². The van der Waals surface area contributed by atoms with E-state index in [9.17, 15) is 4.79 Å². The maximum atomic E-state index is 11.4. The van der Waals surface area contributed by atoms with Gasteiger partial charge in [0.1, 0.15) is 5.82 Å². The van der Waals surface area contributed by atoms with Crippen LogP contribution in [0.4, 0.5) is 5.69 Å². The van der Waals surface area contributed by atoms with E-state index in [1.807, 2.05) is 6.07 Å². The highest BCUT2D eigenvalue weighted by Gasteiger charge is 2.02. The SMILES string of the molecule is [C-]#[N+]c1cccc(-c2ncc(C)c(=O)[nH]2)c1. The van der Waals surface area contributed by atoms with E-state index >= 15 is 0 Å². The molecule has 0 atom stereocenters. The zero-order chi connectivity index (χ0) is 11.5. The van der Waals surface area contributed by atoms with Gasteiger partial charge in [0.05, 0.1) is 6.57 Å². The van der Waals surface area contributed by atoms with Crippen molar-refractivity contribution in [3.05, 3.63) is 57.8 Å². The van der Waals surface area contributed by atoms with Gasteiger partial charge in [0.2, 0.25) is 0 Å². The average Bonchev–Trinajstić information content (AvgIpc) is 2.33. The molecule has 0 radical (unpaired) electrons. The second kappa shape index (κ2) is 3.99. The summed E-state index contributed by atoms with van der Waals surface area (Å²) in [7, 11) is 0. The van der Waals surface area contributed by atoms with Crippen molar-refractivity contribution in [3.8, 4) is 11.4 Å². The monoisotopic (exact) mass is 211 g/mol. The molecule has 0 amide bonds. The molecule has 0 aliphatic carbocycles. The fourth-order valence-electron chi connectivity index (χ4n) is 1.33. The molecule has 1 heterocycles. The number of aryl methyl sites for hydroxylation is 1. The lowest BCUT2D eigenvalue weighted by molar-refractivity contribution is 1.09. The summed E-state index contributed by atoms with van der Waals surface area (Å²) in [5.41, 5.74) is 1.69. The first-order valence-electron chi connectivity index (χ1n) is 4.74. The van der Waals surface area contributed by atoms with Crippen molar-refractivity contribution in [2.75, 3.05) is 0 Å². The molecular formula is C12H9N3O. The predicted molar refractivity (Wildman–Crippen MR) is 61.3 cm³/mol. The fraction of sp³-hybridized carbons (Fsp3) is 0.0833. The van der Waals surface area contributed by atoms with Crippen molar-refractivity contribution in [1.82, 2.24) is 9.97 Å². The number of rotatable bonds is 1. The van der Waals surface area contributed by atoms with Gasteiger partial charge in [-0.1, -0.05) is 18.2 Å². The smallest absolute Gasteiger partial charge is 0.254 e. The Morgan fingerprint density at radius 1 is 1.44 bits per heavy atom. The van der Waals surface area contributed by atoms with Crippen molar-refractivity contribution in [3.63, 3.8) is 0 Å². The molecule has 0 aliphatic rings. The largest absolute Gasteiger partial charge is 0.306 e. The van der Waals surface area contributed by atoms with Crippen LogP contribution in [0.1, 0.15) is 5.56 Å². The minimum absolute atomic E-state index is 0.154. The molecule has 0 saturated heterocycles. The number of nitrogens with zero attached hydrogens (tertiary/aromatic N) is 2. The molecule has 0 fully saturated rings. The van der Waals surface area contributed by atoms with Crippen LogP contribution in [0.15, 0.2) is 35.3 Å². The van der Waals surface area contributed by atoms with E-state index in [1.165, 1.54) is 6.20 Å². The summed E-state index contributed by atoms with van der Waals surface area (Å²) in [4.78, 5) is 21.5. The quantitative estimate of drug-likeness (QED) is 0.736. The van der Waals surface area contributed by atoms with Crippen LogP contribution in [0.25, 0.3) is 16.2 Å². The van der Waals surface area contributed by atoms with E-state index in [2.05, 4.69) is 14.8 Å². The average molecular weight is 211 g/mol. The third kappa shape index (κ3) is 1.84. The highest BCUT2D eigenvalue weighted by Crippen LogP contribution is 2.20. The number of hydrogen-bond acceptors (Lipinski definition) is 2. The highest BCUT2D eigenvalue weighted by atomic mass is 16.1. The Kier molecular flexibility index (Phi) is 2.52. The van der Waals surface area contributed by atoms with Gasteiger partial charge in [0, 0.05) is 17.3 Å². The summed E-state index contributed by atoms with van der Waals surface area (Å²) in [5, 5.41) is 0. The molecule has 0 aliphatic heterocycles. The highest BCUT2D eigenvalue weighted by molar-refractivity contribution is 5.62. The van der Waals surface area contributed by atoms with Crippen LogP contribution in [-0.4, -0.2) is 9.97 Å². The van der Waals surface area contributed by atoms with Gasteiger partial charge in [-0.15, -0.1) is 0 Å². The zero-order valence-electron chi connectivity index (χ0n) is 8.69. The number of benzene rings is 1. The second-order valence-electron chi connectivity index (χ2n) is 3.41. The minimum atomic E-state index is -0.154. The second-order valence-corrected chi connectivity index (χ2v) is 3.41. The molecule has 4 heteroatoms. The van der Waals surface area contributed by atoms with Gasteiger partial charge in [-0.2, -0.15) is 0 Å². The molecule has 0 bridgehead atoms. The third-order valence-corrected chi connectivity index (χ3v) is 2.23. The first-order chi connectivity index (χ1) is 7.70. The predicted octanol–water partition coefficient (Wildman–Crippen LogP) is 2.30. The molecule has 1 aromatic heterocycles. The van der Waals surface area contributed by atoms with E-state index in [4.69, 9.17) is 6.57 Å². The number of hydrogen-bond donors (Lipinski definition) is 1. The fourth-order valence-corrected chi connectivity index (χ4v) is 1.33. The van der Waals surface area contributed by atoms with E-state index in [0.29, 0.717) is 17.1 Å². The lowest BCUT2D eigenvalue weighted by Gasteiger charge is -2.01. The van der Waals surface area contributed by atoms with Gasteiger partial charge in [-0.25, -0.2) is 9.83 Å². The Labute approximate surface area is 92.4 Å². The first kappa shape index (κ1) is 10.1. The lowest BCUT2D eigenvalue weighted by atomic mass is 10.2. The van der Waals surface area contributed by atoms with Crippen LogP contribution in [0.2, 0.25) is 0 Å². The molecule has 2 aromatic rings. The van der Waals surface area contributed by atoms with Crippen LogP contribution in [0, 0.1) is 13.5 Å². The summed E-state index contributed by atoms with van der Waals surface area (Å²) in [6.45, 7) is 8.61. The molecule has 0 unspecified atom stereocenters. The third-order valence-electron chi connectivity index (χ3n) is 2.23. The van der Waals surface area contributed by atoms with Gasteiger partial charge in [0.15, 0.2) is 5.69 Å². The van der Waals surface area contributed by atoms with Crippen molar-refractivity contribution in [2.24, 2.45) is 0 Å². The van der Waals surface area contributed by atoms with E-state index in [-0.39, 0.29) is 5.56 Å². The molecular weight excluding hydrogens is 202 g/mol. The van der Waals surface area contributed by atoms with E-state index in [1.54, 1.807) is 25.1 Å². The van der Waals surface area contributed by atoms with Crippen molar-refractivity contribution < 1.29 is 0 Å². The summed E-state index contributed by atoms with van der Waals surface area (Å²) >= 11 is 0. The molecule has 16 heavy (non-hydrogen) atoms. The summed E-state index contributed by atoms with van der Waals surface area (Å²) in [6.07, 6.45) is 1.53. The molecule has 1 N–H and O–H groups in total. The maximum absolute atomic E-state index is 11.4. The number of H-pyrrole nitrogens is 1. The van der Waals surface area contributed by atoms with Crippen LogP contribution in [0.3, 0.4) is 0 Å². The van der Waals surface area contributed by atoms with Crippen LogP contribution in [-0.2, 0) is 0 Å². The van der Waals surface area contributed by atoms with Gasteiger partial charge < -0.3 is 4.98 Å². The van der Waals surface area contributed by atoms with Crippen LogP contribution < -0.4 is 5.56 Å². The van der Waals surface area contributed by atoms with Gasteiger partial charge >= 0.3 is 0 Å². The summed E-state index contributed by atoms with van der Waals surface area (Å²) in [5.74, 6) is 0.487. The minimum Gasteiger partial charge on any atom is -0.306 e. The molecule has 4 nitrogen and oxygen atoms in total. The zero-order valence-corrected chi connectivity index (χ0v) is 8.69. The van der Waals surface area contributed by atoms with Crippen molar-refractivity contribution in [2.45, 2.75) is 6.92 Å². The maximum Gasteiger partial charge on any atom is 0.254 e. The van der Waals surface area contributed by atoms with Gasteiger partial charge in [-0.05, 0) is 13.0 Å². The Morgan fingerprint density at radius 2 is 2.25 bits per heavy atom. The topological polar surface area (TPSA) is 50.1 Å². The number of nitrogens with one attached hydrogen (secondary N) is 1. The first-order valence-corrected chi connectivity index (χ1v) is 4.74. The number of aromatic nitrogens is 2. The Bertz CT molecular complexity index is 623. The van der Waals surface area contributed by atoms with Gasteiger partial charge in [-0.3, -0.25) is 4.79 Å². The number of aromatic amines is 1. The lowest BCUT2D eigenvalue weighted by Crippen LogP contribution is -2.11. The molecule has 78 valence electrons. The normalized spacial score (nSPS) is 9.75. The summed E-state index contributed by atoms with van der Waals surface area (Å²) < 4.78 is 0. The van der Waals surface area contributed by atoms with Crippen molar-refractivity contribution in [1.29, 1.82) is 0 Å². The molecule has 0 saturated carbocycles. The van der Waals surface area contributed by atoms with Gasteiger partial charge in [0.25, 0.3) is 5.56 Å². The Morgan fingerprint density at radius 3 is 2.94 bits per heavy atom. The standard InChI is InChI=1S/C12H9N3O/c1-8-7-14-11(15-12(8)16)9-4-3-5-10(6-9)13-2/h3-7H,1H3,(H,14,15,16). The van der Waals surface area contributed by atoms with Crippen LogP contribution in [0.5, 0.6) is 0 Å². The Balaban J connectivity index is 2.55. The van der Waals surface area contributed by atoms with E-state index < -0.39 is 0 Å². The molecule has 0 spiro atoms. The Hall–Kier alpha value is -2.41. The van der Waals surface area contributed by atoms with E-state index in [0.717, 1.165) is 5.56 Å². The summed E-state index contributed by atoms with van der Waals surface area (Å²) in [6, 6.07) is 6.98. The molecule has 1 aromatic carbocycles.